The molecular formula is C26H27N3O2S. The first-order chi connectivity index (χ1) is 15.4. The minimum Gasteiger partial charge on any atom is -0.318 e. The predicted molar refractivity (Wildman–Crippen MR) is 131 cm³/mol. The number of aromatic nitrogens is 3. The zero-order valence-electron chi connectivity index (χ0n) is 18.8. The SMILES string of the molecule is Cc1cc(C(=O)CSc2nc3ccccc3c(=O)n2CC(C)C)c(C)n1-c1ccccc1. The van der Waals surface area contributed by atoms with Crippen LogP contribution < -0.4 is 5.56 Å². The zero-order valence-corrected chi connectivity index (χ0v) is 19.6. The second-order valence-electron chi connectivity index (χ2n) is 8.39. The van der Waals surface area contributed by atoms with Gasteiger partial charge in [-0.25, -0.2) is 4.98 Å². The van der Waals surface area contributed by atoms with Crippen molar-refractivity contribution >= 4 is 28.4 Å². The number of carbonyl (C=O) groups is 1. The van der Waals surface area contributed by atoms with Crippen LogP contribution >= 0.6 is 11.8 Å². The number of fused-ring (bicyclic) bond motifs is 1. The van der Waals surface area contributed by atoms with Crippen LogP contribution in [-0.4, -0.2) is 25.7 Å². The van der Waals surface area contributed by atoms with E-state index in [1.807, 2.05) is 68.4 Å². The van der Waals surface area contributed by atoms with Gasteiger partial charge in [-0.2, -0.15) is 0 Å². The highest BCUT2D eigenvalue weighted by atomic mass is 32.2. The largest absolute Gasteiger partial charge is 0.318 e. The summed E-state index contributed by atoms with van der Waals surface area (Å²) in [5.41, 5.74) is 4.29. The lowest BCUT2D eigenvalue weighted by molar-refractivity contribution is 0.102. The Morgan fingerprint density at radius 3 is 2.44 bits per heavy atom. The van der Waals surface area contributed by atoms with Gasteiger partial charge in [-0.05, 0) is 50.1 Å². The molecule has 2 aromatic heterocycles. The minimum absolute atomic E-state index is 0.0313. The van der Waals surface area contributed by atoms with Gasteiger partial charge in [0.25, 0.3) is 5.56 Å². The molecule has 0 atom stereocenters. The molecule has 0 saturated carbocycles. The van der Waals surface area contributed by atoms with Crippen LogP contribution in [0.15, 0.2) is 70.6 Å². The highest BCUT2D eigenvalue weighted by Gasteiger charge is 2.19. The summed E-state index contributed by atoms with van der Waals surface area (Å²) in [5.74, 6) is 0.543. The summed E-state index contributed by atoms with van der Waals surface area (Å²) in [6.07, 6.45) is 0. The molecule has 32 heavy (non-hydrogen) atoms. The third-order valence-corrected chi connectivity index (χ3v) is 6.43. The van der Waals surface area contributed by atoms with Crippen molar-refractivity contribution in [3.05, 3.63) is 88.0 Å². The fourth-order valence-electron chi connectivity index (χ4n) is 4.01. The first-order valence-electron chi connectivity index (χ1n) is 10.8. The van der Waals surface area contributed by atoms with Crippen molar-refractivity contribution in [1.82, 2.24) is 14.1 Å². The summed E-state index contributed by atoms with van der Waals surface area (Å²) in [4.78, 5) is 31.0. The standard InChI is InChI=1S/C26H27N3O2S/c1-17(2)15-28-25(31)21-12-8-9-13-23(21)27-26(28)32-16-24(30)22-14-18(3)29(19(22)4)20-10-6-5-7-11-20/h5-14,17H,15-16H2,1-4H3. The number of hydrogen-bond donors (Lipinski definition) is 0. The molecule has 164 valence electrons. The monoisotopic (exact) mass is 445 g/mol. The number of nitrogens with zero attached hydrogens (tertiary/aromatic N) is 3. The molecule has 0 saturated heterocycles. The molecule has 0 unspecified atom stereocenters. The molecule has 4 aromatic rings. The van der Waals surface area contributed by atoms with E-state index in [0.29, 0.717) is 28.2 Å². The normalized spacial score (nSPS) is 11.4. The van der Waals surface area contributed by atoms with Crippen LogP contribution in [0.25, 0.3) is 16.6 Å². The molecule has 0 spiro atoms. The predicted octanol–water partition coefficient (Wildman–Crippen LogP) is 5.44. The third-order valence-electron chi connectivity index (χ3n) is 5.45. The number of Topliss-reactive ketones (excluding diaryl/α,β-unsaturated/α-hetero) is 1. The van der Waals surface area contributed by atoms with E-state index in [-0.39, 0.29) is 23.0 Å². The van der Waals surface area contributed by atoms with Crippen molar-refractivity contribution in [3.8, 4) is 5.69 Å². The molecule has 0 fully saturated rings. The summed E-state index contributed by atoms with van der Waals surface area (Å²) in [6, 6.07) is 19.3. The van der Waals surface area contributed by atoms with Gasteiger partial charge in [0.1, 0.15) is 0 Å². The molecule has 0 aliphatic heterocycles. The summed E-state index contributed by atoms with van der Waals surface area (Å²) >= 11 is 1.33. The first-order valence-corrected chi connectivity index (χ1v) is 11.8. The Morgan fingerprint density at radius 2 is 1.72 bits per heavy atom. The lowest BCUT2D eigenvalue weighted by Gasteiger charge is -2.14. The fraction of sp³-hybridized carbons (Fsp3) is 0.269. The molecule has 0 radical (unpaired) electrons. The Hall–Kier alpha value is -3.12. The van der Waals surface area contributed by atoms with Crippen LogP contribution in [0.2, 0.25) is 0 Å². The van der Waals surface area contributed by atoms with Crippen LogP contribution in [0.4, 0.5) is 0 Å². The smallest absolute Gasteiger partial charge is 0.262 e. The van der Waals surface area contributed by atoms with Crippen molar-refractivity contribution in [1.29, 1.82) is 0 Å². The zero-order chi connectivity index (χ0) is 22.8. The molecular weight excluding hydrogens is 418 g/mol. The van der Waals surface area contributed by atoms with E-state index in [0.717, 1.165) is 17.1 Å². The summed E-state index contributed by atoms with van der Waals surface area (Å²) in [5, 5.41) is 1.20. The number of rotatable bonds is 7. The van der Waals surface area contributed by atoms with Crippen LogP contribution in [0.5, 0.6) is 0 Å². The van der Waals surface area contributed by atoms with Crippen molar-refractivity contribution < 1.29 is 4.79 Å². The molecule has 0 aliphatic rings. The van der Waals surface area contributed by atoms with E-state index in [1.54, 1.807) is 10.6 Å². The number of benzene rings is 2. The maximum absolute atomic E-state index is 13.2. The van der Waals surface area contributed by atoms with Gasteiger partial charge in [-0.1, -0.05) is 55.9 Å². The molecule has 2 heterocycles. The van der Waals surface area contributed by atoms with Gasteiger partial charge >= 0.3 is 0 Å². The Labute approximate surface area is 192 Å². The van der Waals surface area contributed by atoms with E-state index in [4.69, 9.17) is 4.98 Å². The second-order valence-corrected chi connectivity index (χ2v) is 9.33. The van der Waals surface area contributed by atoms with Gasteiger partial charge in [-0.3, -0.25) is 14.2 Å². The maximum Gasteiger partial charge on any atom is 0.262 e. The Bertz CT molecular complexity index is 1340. The van der Waals surface area contributed by atoms with Gasteiger partial charge < -0.3 is 4.57 Å². The van der Waals surface area contributed by atoms with Gasteiger partial charge in [-0.15, -0.1) is 0 Å². The molecule has 0 bridgehead atoms. The Balaban J connectivity index is 1.64. The van der Waals surface area contributed by atoms with Gasteiger partial charge in [0.15, 0.2) is 10.9 Å². The summed E-state index contributed by atoms with van der Waals surface area (Å²) < 4.78 is 3.80. The van der Waals surface area contributed by atoms with Gasteiger partial charge in [0.2, 0.25) is 0 Å². The Kier molecular flexibility index (Phi) is 6.33. The number of hydrogen-bond acceptors (Lipinski definition) is 4. The van der Waals surface area contributed by atoms with E-state index in [1.165, 1.54) is 11.8 Å². The van der Waals surface area contributed by atoms with Crippen LogP contribution in [0, 0.1) is 19.8 Å². The average molecular weight is 446 g/mol. The molecule has 5 nitrogen and oxygen atoms in total. The highest BCUT2D eigenvalue weighted by Crippen LogP contribution is 2.24. The van der Waals surface area contributed by atoms with Crippen molar-refractivity contribution in [2.75, 3.05) is 5.75 Å². The molecule has 0 aliphatic carbocycles. The number of carbonyl (C=O) groups excluding carboxylic acids is 1. The van der Waals surface area contributed by atoms with Crippen molar-refractivity contribution in [2.24, 2.45) is 5.92 Å². The second kappa shape index (κ2) is 9.17. The van der Waals surface area contributed by atoms with Gasteiger partial charge in [0.05, 0.1) is 16.7 Å². The number of ketones is 1. The molecule has 6 heteroatoms. The van der Waals surface area contributed by atoms with Crippen molar-refractivity contribution in [2.45, 2.75) is 39.4 Å². The van der Waals surface area contributed by atoms with Crippen molar-refractivity contribution in [3.63, 3.8) is 0 Å². The molecule has 4 rings (SSSR count). The molecule has 0 N–H and O–H groups in total. The number of thioether (sulfide) groups is 1. The lowest BCUT2D eigenvalue weighted by atomic mass is 10.2. The van der Waals surface area contributed by atoms with Crippen LogP contribution in [-0.2, 0) is 6.54 Å². The van der Waals surface area contributed by atoms with E-state index in [9.17, 15) is 9.59 Å². The van der Waals surface area contributed by atoms with E-state index < -0.39 is 0 Å². The first kappa shape index (κ1) is 22.1. The Morgan fingerprint density at radius 1 is 1.03 bits per heavy atom. The fourth-order valence-corrected chi connectivity index (χ4v) is 4.90. The topological polar surface area (TPSA) is 56.9 Å². The minimum atomic E-state index is -0.0542. The number of aryl methyl sites for hydroxylation is 1. The summed E-state index contributed by atoms with van der Waals surface area (Å²) in [7, 11) is 0. The quantitative estimate of drug-likeness (QED) is 0.216. The van der Waals surface area contributed by atoms with E-state index >= 15 is 0 Å². The van der Waals surface area contributed by atoms with Crippen LogP contribution in [0.3, 0.4) is 0 Å². The molecule has 0 amide bonds. The lowest BCUT2D eigenvalue weighted by Crippen LogP contribution is -2.25. The number of para-hydroxylation sites is 2. The van der Waals surface area contributed by atoms with Crippen LogP contribution in [0.1, 0.15) is 35.6 Å². The van der Waals surface area contributed by atoms with Gasteiger partial charge in [0, 0.05) is 29.2 Å². The average Bonchev–Trinajstić information content (AvgIpc) is 3.08. The maximum atomic E-state index is 13.2. The third kappa shape index (κ3) is 4.28. The summed E-state index contributed by atoms with van der Waals surface area (Å²) in [6.45, 7) is 8.69. The van der Waals surface area contributed by atoms with E-state index in [2.05, 4.69) is 18.4 Å². The highest BCUT2D eigenvalue weighted by molar-refractivity contribution is 7.99. The molecule has 2 aromatic carbocycles.